The van der Waals surface area contributed by atoms with Crippen molar-refractivity contribution in [2.24, 2.45) is 0 Å². The van der Waals surface area contributed by atoms with E-state index < -0.39 is 0 Å². The molecule has 2 N–H and O–H groups in total. The third kappa shape index (κ3) is 3.02. The van der Waals surface area contributed by atoms with Crippen LogP contribution in [0.4, 0.5) is 5.69 Å². The van der Waals surface area contributed by atoms with Gasteiger partial charge in [-0.3, -0.25) is 0 Å². The van der Waals surface area contributed by atoms with E-state index in [9.17, 15) is 0 Å². The van der Waals surface area contributed by atoms with Crippen LogP contribution in [0.15, 0.2) is 54.7 Å². The van der Waals surface area contributed by atoms with Gasteiger partial charge in [-0.1, -0.05) is 29.5 Å². The number of nitrogens with zero attached hydrogens (tertiary/aromatic N) is 3. The molecule has 0 aliphatic rings. The normalized spacial score (nSPS) is 10.5. The van der Waals surface area contributed by atoms with Crippen LogP contribution < -0.4 is 10.5 Å². The first kappa shape index (κ1) is 13.2. The van der Waals surface area contributed by atoms with Crippen LogP contribution >= 0.6 is 0 Å². The third-order valence-corrected chi connectivity index (χ3v) is 3.25. The van der Waals surface area contributed by atoms with E-state index in [2.05, 4.69) is 10.3 Å². The first-order chi connectivity index (χ1) is 10.2. The van der Waals surface area contributed by atoms with Gasteiger partial charge in [0.05, 0.1) is 19.9 Å². The first-order valence-corrected chi connectivity index (χ1v) is 6.63. The van der Waals surface area contributed by atoms with Crippen LogP contribution in [0.2, 0.25) is 0 Å². The summed E-state index contributed by atoms with van der Waals surface area (Å²) in [5.74, 6) is 0.847. The molecule has 106 valence electrons. The molecule has 1 aromatic heterocycles. The van der Waals surface area contributed by atoms with E-state index in [-0.39, 0.29) is 0 Å². The van der Waals surface area contributed by atoms with Crippen molar-refractivity contribution < 1.29 is 4.74 Å². The maximum atomic E-state index is 5.68. The predicted octanol–water partition coefficient (Wildman–Crippen LogP) is 2.58. The van der Waals surface area contributed by atoms with Crippen LogP contribution in [0.5, 0.6) is 5.75 Å². The molecule has 2 aromatic carbocycles. The minimum absolute atomic E-state index is 0.673. The monoisotopic (exact) mass is 280 g/mol. The maximum absolute atomic E-state index is 5.68. The van der Waals surface area contributed by atoms with E-state index in [1.807, 2.05) is 59.4 Å². The molecule has 5 nitrogen and oxygen atoms in total. The van der Waals surface area contributed by atoms with Gasteiger partial charge in [-0.25, -0.2) is 4.68 Å². The molecule has 3 rings (SSSR count). The fraction of sp³-hybridized carbons (Fsp3) is 0.125. The SMILES string of the molecule is COc1ccc(Cn2cc(-c3ccc(N)cc3)nn2)cc1. The average molecular weight is 280 g/mol. The number of hydrogen-bond donors (Lipinski definition) is 1. The van der Waals surface area contributed by atoms with E-state index in [0.29, 0.717) is 6.54 Å². The third-order valence-electron chi connectivity index (χ3n) is 3.25. The van der Waals surface area contributed by atoms with Gasteiger partial charge in [-0.05, 0) is 29.8 Å². The largest absolute Gasteiger partial charge is 0.497 e. The van der Waals surface area contributed by atoms with Crippen LogP contribution in [-0.2, 0) is 6.54 Å². The molecule has 0 aliphatic carbocycles. The van der Waals surface area contributed by atoms with Crippen LogP contribution in [0, 0.1) is 0 Å². The number of hydrogen-bond acceptors (Lipinski definition) is 4. The highest BCUT2D eigenvalue weighted by molar-refractivity contribution is 5.60. The Morgan fingerprint density at radius 2 is 1.76 bits per heavy atom. The standard InChI is InChI=1S/C16H16N4O/c1-21-15-8-2-12(3-9-15)10-20-11-16(18-19-20)13-4-6-14(17)7-5-13/h2-9,11H,10,17H2,1H3. The van der Waals surface area contributed by atoms with Crippen LogP contribution in [0.3, 0.4) is 0 Å². The molecule has 0 saturated heterocycles. The molecule has 3 aromatic rings. The zero-order valence-corrected chi connectivity index (χ0v) is 11.7. The highest BCUT2D eigenvalue weighted by Crippen LogP contribution is 2.18. The summed E-state index contributed by atoms with van der Waals surface area (Å²) in [4.78, 5) is 0. The van der Waals surface area contributed by atoms with Crippen LogP contribution in [0.25, 0.3) is 11.3 Å². The Morgan fingerprint density at radius 3 is 2.43 bits per heavy atom. The van der Waals surface area contributed by atoms with E-state index >= 15 is 0 Å². The van der Waals surface area contributed by atoms with Crippen molar-refractivity contribution in [3.63, 3.8) is 0 Å². The average Bonchev–Trinajstić information content (AvgIpc) is 2.97. The summed E-state index contributed by atoms with van der Waals surface area (Å²) in [7, 11) is 1.66. The summed E-state index contributed by atoms with van der Waals surface area (Å²) in [5, 5.41) is 8.35. The quantitative estimate of drug-likeness (QED) is 0.746. The summed E-state index contributed by atoms with van der Waals surface area (Å²) >= 11 is 0. The van der Waals surface area contributed by atoms with Gasteiger partial charge in [-0.15, -0.1) is 5.10 Å². The molecule has 0 radical (unpaired) electrons. The Labute approximate surface area is 123 Å². The zero-order chi connectivity index (χ0) is 14.7. The van der Waals surface area contributed by atoms with Gasteiger partial charge in [0.15, 0.2) is 0 Å². The number of nitrogen functional groups attached to an aromatic ring is 1. The van der Waals surface area contributed by atoms with Crippen molar-refractivity contribution in [2.75, 3.05) is 12.8 Å². The number of rotatable bonds is 4. The Hall–Kier alpha value is -2.82. The minimum Gasteiger partial charge on any atom is -0.497 e. The molecular weight excluding hydrogens is 264 g/mol. The summed E-state index contributed by atoms with van der Waals surface area (Å²) < 4.78 is 6.96. The van der Waals surface area contributed by atoms with Gasteiger partial charge in [0.1, 0.15) is 11.4 Å². The number of ether oxygens (including phenoxy) is 1. The van der Waals surface area contributed by atoms with Crippen molar-refractivity contribution in [1.82, 2.24) is 15.0 Å². The lowest BCUT2D eigenvalue weighted by Crippen LogP contribution is -2.00. The Morgan fingerprint density at radius 1 is 1.05 bits per heavy atom. The molecule has 1 heterocycles. The second-order valence-corrected chi connectivity index (χ2v) is 4.77. The van der Waals surface area contributed by atoms with Crippen molar-refractivity contribution in [2.45, 2.75) is 6.54 Å². The van der Waals surface area contributed by atoms with Crippen molar-refractivity contribution >= 4 is 5.69 Å². The number of aromatic nitrogens is 3. The van der Waals surface area contributed by atoms with E-state index in [4.69, 9.17) is 10.5 Å². The van der Waals surface area contributed by atoms with Gasteiger partial charge >= 0.3 is 0 Å². The number of anilines is 1. The predicted molar refractivity (Wildman–Crippen MR) is 82.0 cm³/mol. The van der Waals surface area contributed by atoms with E-state index in [0.717, 1.165) is 28.3 Å². The first-order valence-electron chi connectivity index (χ1n) is 6.63. The number of nitrogens with two attached hydrogens (primary N) is 1. The Balaban J connectivity index is 1.76. The number of methoxy groups -OCH3 is 1. The van der Waals surface area contributed by atoms with Gasteiger partial charge in [0.25, 0.3) is 0 Å². The van der Waals surface area contributed by atoms with Gasteiger partial charge in [-0.2, -0.15) is 0 Å². The van der Waals surface area contributed by atoms with Gasteiger partial charge < -0.3 is 10.5 Å². The molecule has 0 unspecified atom stereocenters. The Kier molecular flexibility index (Phi) is 3.55. The minimum atomic E-state index is 0.673. The highest BCUT2D eigenvalue weighted by Gasteiger charge is 2.04. The smallest absolute Gasteiger partial charge is 0.118 e. The lowest BCUT2D eigenvalue weighted by molar-refractivity contribution is 0.414. The van der Waals surface area contributed by atoms with E-state index in [1.54, 1.807) is 7.11 Å². The summed E-state index contributed by atoms with van der Waals surface area (Å²) in [5.41, 5.74) is 9.41. The Bertz CT molecular complexity index is 717. The molecule has 0 spiro atoms. The molecule has 21 heavy (non-hydrogen) atoms. The lowest BCUT2D eigenvalue weighted by Gasteiger charge is -2.03. The van der Waals surface area contributed by atoms with Crippen LogP contribution in [0.1, 0.15) is 5.56 Å². The lowest BCUT2D eigenvalue weighted by atomic mass is 10.1. The molecule has 0 bridgehead atoms. The fourth-order valence-electron chi connectivity index (χ4n) is 2.08. The second-order valence-electron chi connectivity index (χ2n) is 4.77. The molecule has 0 aliphatic heterocycles. The van der Waals surface area contributed by atoms with Gasteiger partial charge in [0.2, 0.25) is 0 Å². The molecule has 0 amide bonds. The van der Waals surface area contributed by atoms with Crippen LogP contribution in [-0.4, -0.2) is 22.1 Å². The molecular formula is C16H16N4O. The topological polar surface area (TPSA) is 66.0 Å². The highest BCUT2D eigenvalue weighted by atomic mass is 16.5. The maximum Gasteiger partial charge on any atom is 0.118 e. The van der Waals surface area contributed by atoms with E-state index in [1.165, 1.54) is 0 Å². The van der Waals surface area contributed by atoms with Crippen molar-refractivity contribution in [3.8, 4) is 17.0 Å². The second kappa shape index (κ2) is 5.66. The van der Waals surface area contributed by atoms with Crippen molar-refractivity contribution in [3.05, 3.63) is 60.3 Å². The molecule has 0 atom stereocenters. The molecule has 0 saturated carbocycles. The fourth-order valence-corrected chi connectivity index (χ4v) is 2.08. The number of benzene rings is 2. The summed E-state index contributed by atoms with van der Waals surface area (Å²) in [6.07, 6.45) is 1.93. The summed E-state index contributed by atoms with van der Waals surface area (Å²) in [6, 6.07) is 15.5. The summed E-state index contributed by atoms with van der Waals surface area (Å²) in [6.45, 7) is 0.673. The van der Waals surface area contributed by atoms with Gasteiger partial charge in [0, 0.05) is 11.3 Å². The molecule has 0 fully saturated rings. The molecule has 5 heteroatoms. The van der Waals surface area contributed by atoms with Crippen molar-refractivity contribution in [1.29, 1.82) is 0 Å². The zero-order valence-electron chi connectivity index (χ0n) is 11.7.